The van der Waals surface area contributed by atoms with Gasteiger partial charge in [0.25, 0.3) is 5.91 Å². The molecule has 1 atom stereocenters. The molecule has 0 aliphatic carbocycles. The highest BCUT2D eigenvalue weighted by molar-refractivity contribution is 5.94. The predicted molar refractivity (Wildman–Crippen MR) is 113 cm³/mol. The van der Waals surface area contributed by atoms with Gasteiger partial charge >= 0.3 is 0 Å². The summed E-state index contributed by atoms with van der Waals surface area (Å²) in [6, 6.07) is 14.3. The lowest BCUT2D eigenvalue weighted by Crippen LogP contribution is -2.48. The minimum atomic E-state index is -0.527. The van der Waals surface area contributed by atoms with E-state index in [1.165, 1.54) is 24.3 Å². The Morgan fingerprint density at radius 1 is 1.00 bits per heavy atom. The fraction of sp³-hybridized carbons (Fsp3) is 0.348. The first-order valence-electron chi connectivity index (χ1n) is 10.3. The molecule has 1 aliphatic rings. The fourth-order valence-corrected chi connectivity index (χ4v) is 3.43. The predicted octanol–water partition coefficient (Wildman–Crippen LogP) is 1.88. The van der Waals surface area contributed by atoms with Gasteiger partial charge in [-0.15, -0.1) is 0 Å². The third kappa shape index (κ3) is 6.62. The van der Waals surface area contributed by atoms with Crippen LogP contribution in [-0.4, -0.2) is 54.9 Å². The van der Waals surface area contributed by atoms with Gasteiger partial charge in [0.1, 0.15) is 18.5 Å². The first kappa shape index (κ1) is 22.4. The van der Waals surface area contributed by atoms with Crippen molar-refractivity contribution in [1.29, 1.82) is 0 Å². The molecule has 164 valence electrons. The lowest BCUT2D eigenvalue weighted by atomic mass is 10.2. The summed E-state index contributed by atoms with van der Waals surface area (Å²) in [5.41, 5.74) is 1.32. The highest BCUT2D eigenvalue weighted by Crippen LogP contribution is 2.17. The lowest BCUT2D eigenvalue weighted by molar-refractivity contribution is -0.142. The highest BCUT2D eigenvalue weighted by atomic mass is 19.1. The van der Waals surface area contributed by atoms with Crippen molar-refractivity contribution in [1.82, 2.24) is 15.5 Å². The quantitative estimate of drug-likeness (QED) is 0.598. The Kier molecular flexibility index (Phi) is 8.12. The van der Waals surface area contributed by atoms with Gasteiger partial charge in [0.05, 0.1) is 6.61 Å². The van der Waals surface area contributed by atoms with E-state index in [2.05, 4.69) is 10.6 Å². The summed E-state index contributed by atoms with van der Waals surface area (Å²) in [4.78, 5) is 38.5. The van der Waals surface area contributed by atoms with Gasteiger partial charge in [-0.3, -0.25) is 14.4 Å². The third-order valence-corrected chi connectivity index (χ3v) is 5.03. The number of hydrogen-bond donors (Lipinski definition) is 2. The van der Waals surface area contributed by atoms with Gasteiger partial charge in [-0.2, -0.15) is 0 Å². The molecule has 31 heavy (non-hydrogen) atoms. The molecule has 3 amide bonds. The zero-order valence-corrected chi connectivity index (χ0v) is 17.2. The summed E-state index contributed by atoms with van der Waals surface area (Å²) in [7, 11) is 0. The van der Waals surface area contributed by atoms with Gasteiger partial charge < -0.3 is 20.3 Å². The summed E-state index contributed by atoms with van der Waals surface area (Å²) in [6.07, 6.45) is 1.35. The van der Waals surface area contributed by atoms with E-state index in [9.17, 15) is 18.8 Å². The molecular formula is C23H26FN3O4. The van der Waals surface area contributed by atoms with Crippen LogP contribution in [0.5, 0.6) is 0 Å². The second kappa shape index (κ2) is 11.2. The maximum Gasteiger partial charge on any atom is 0.251 e. The number of halogens is 1. The fourth-order valence-electron chi connectivity index (χ4n) is 3.43. The topological polar surface area (TPSA) is 87.7 Å². The molecule has 2 N–H and O–H groups in total. The van der Waals surface area contributed by atoms with Crippen molar-refractivity contribution < 1.29 is 23.5 Å². The van der Waals surface area contributed by atoms with E-state index >= 15 is 0 Å². The third-order valence-electron chi connectivity index (χ3n) is 5.03. The molecule has 0 bridgehead atoms. The normalized spacial score (nSPS) is 15.5. The van der Waals surface area contributed by atoms with Gasteiger partial charge in [-0.1, -0.05) is 30.3 Å². The minimum absolute atomic E-state index is 0.0770. The van der Waals surface area contributed by atoms with Crippen LogP contribution in [0.1, 0.15) is 28.8 Å². The molecule has 0 radical (unpaired) electrons. The molecule has 2 aromatic carbocycles. The van der Waals surface area contributed by atoms with Crippen molar-refractivity contribution >= 4 is 17.7 Å². The number of ether oxygens (including phenoxy) is 1. The summed E-state index contributed by atoms with van der Waals surface area (Å²) in [5.74, 6) is -1.21. The molecule has 1 fully saturated rings. The van der Waals surface area contributed by atoms with Crippen molar-refractivity contribution in [2.24, 2.45) is 0 Å². The number of benzene rings is 2. The molecule has 0 aromatic heterocycles. The van der Waals surface area contributed by atoms with Crippen molar-refractivity contribution in [2.75, 3.05) is 26.2 Å². The van der Waals surface area contributed by atoms with Crippen molar-refractivity contribution in [3.63, 3.8) is 0 Å². The van der Waals surface area contributed by atoms with Crippen LogP contribution in [0.4, 0.5) is 4.39 Å². The van der Waals surface area contributed by atoms with E-state index in [1.54, 1.807) is 4.90 Å². The molecule has 1 saturated heterocycles. The number of rotatable bonds is 9. The molecule has 3 rings (SSSR count). The first-order valence-corrected chi connectivity index (χ1v) is 10.3. The second-order valence-electron chi connectivity index (χ2n) is 7.28. The minimum Gasteiger partial charge on any atom is -0.367 e. The highest BCUT2D eigenvalue weighted by Gasteiger charge is 2.33. The Balaban J connectivity index is 1.38. The van der Waals surface area contributed by atoms with Gasteiger partial charge in [0.2, 0.25) is 11.8 Å². The number of nitrogens with one attached hydrogen (secondary N) is 2. The van der Waals surface area contributed by atoms with Gasteiger partial charge in [0, 0.05) is 25.2 Å². The molecule has 1 heterocycles. The number of amides is 3. The average Bonchev–Trinajstić information content (AvgIpc) is 3.28. The first-order chi connectivity index (χ1) is 15.0. The van der Waals surface area contributed by atoms with E-state index in [-0.39, 0.29) is 37.4 Å². The zero-order chi connectivity index (χ0) is 22.1. The van der Waals surface area contributed by atoms with Crippen molar-refractivity contribution in [3.05, 3.63) is 71.5 Å². The number of carbonyl (C=O) groups is 3. The molecular weight excluding hydrogens is 401 g/mol. The number of carbonyl (C=O) groups excluding carboxylic acids is 3. The molecule has 7 nitrogen and oxygen atoms in total. The lowest BCUT2D eigenvalue weighted by Gasteiger charge is -2.24. The smallest absolute Gasteiger partial charge is 0.251 e. The molecule has 1 aliphatic heterocycles. The summed E-state index contributed by atoms with van der Waals surface area (Å²) < 4.78 is 18.4. The summed E-state index contributed by atoms with van der Waals surface area (Å²) >= 11 is 0. The molecule has 8 heteroatoms. The van der Waals surface area contributed by atoms with E-state index in [4.69, 9.17) is 4.74 Å². The van der Waals surface area contributed by atoms with Crippen LogP contribution in [0.2, 0.25) is 0 Å². The van der Waals surface area contributed by atoms with Crippen LogP contribution in [0.15, 0.2) is 54.6 Å². The van der Waals surface area contributed by atoms with Crippen LogP contribution in [0, 0.1) is 5.82 Å². The molecule has 0 unspecified atom stereocenters. The Labute approximate surface area is 180 Å². The zero-order valence-electron chi connectivity index (χ0n) is 17.2. The number of hydrogen-bond acceptors (Lipinski definition) is 4. The van der Waals surface area contributed by atoms with Crippen LogP contribution < -0.4 is 10.6 Å². The van der Waals surface area contributed by atoms with Crippen molar-refractivity contribution in [2.45, 2.75) is 25.5 Å². The average molecular weight is 427 g/mol. The van der Waals surface area contributed by atoms with E-state index in [0.717, 1.165) is 12.0 Å². The van der Waals surface area contributed by atoms with Gasteiger partial charge in [-0.05, 0) is 42.7 Å². The maximum atomic E-state index is 12.9. The SMILES string of the molecule is O=C(NCCNC(=O)[C@H]1CCCN1C(=O)COCc1ccccc1)c1ccc(F)cc1. The van der Waals surface area contributed by atoms with Gasteiger partial charge in [0.15, 0.2) is 0 Å². The van der Waals surface area contributed by atoms with E-state index in [1.807, 2.05) is 30.3 Å². The second-order valence-corrected chi connectivity index (χ2v) is 7.28. The van der Waals surface area contributed by atoms with Crippen LogP contribution in [0.25, 0.3) is 0 Å². The Morgan fingerprint density at radius 2 is 1.71 bits per heavy atom. The molecule has 0 saturated carbocycles. The van der Waals surface area contributed by atoms with Crippen LogP contribution in [0.3, 0.4) is 0 Å². The van der Waals surface area contributed by atoms with E-state index in [0.29, 0.717) is 25.1 Å². The largest absolute Gasteiger partial charge is 0.367 e. The Hall–Kier alpha value is -3.26. The van der Waals surface area contributed by atoms with Crippen LogP contribution >= 0.6 is 0 Å². The van der Waals surface area contributed by atoms with E-state index < -0.39 is 11.9 Å². The summed E-state index contributed by atoms with van der Waals surface area (Å²) in [6.45, 7) is 1.24. The van der Waals surface area contributed by atoms with Gasteiger partial charge in [-0.25, -0.2) is 4.39 Å². The molecule has 2 aromatic rings. The standard InChI is InChI=1S/C23H26FN3O4/c24-19-10-8-18(9-11-19)22(29)25-12-13-26-23(30)20-7-4-14-27(20)21(28)16-31-15-17-5-2-1-3-6-17/h1-3,5-6,8-11,20H,4,7,12-16H2,(H,25,29)(H,26,30)/t20-/m1/s1. The maximum absolute atomic E-state index is 12.9. The van der Waals surface area contributed by atoms with Crippen LogP contribution in [-0.2, 0) is 20.9 Å². The number of likely N-dealkylation sites (tertiary alicyclic amines) is 1. The Morgan fingerprint density at radius 3 is 2.45 bits per heavy atom. The summed E-state index contributed by atoms with van der Waals surface area (Å²) in [5, 5.41) is 5.42. The van der Waals surface area contributed by atoms with Crippen molar-refractivity contribution in [3.8, 4) is 0 Å². The monoisotopic (exact) mass is 427 g/mol. The number of nitrogens with zero attached hydrogens (tertiary/aromatic N) is 1. The Bertz CT molecular complexity index is 889. The molecule has 0 spiro atoms.